The lowest BCUT2D eigenvalue weighted by atomic mass is 10.1. The molecule has 2 aromatic rings. The van der Waals surface area contributed by atoms with E-state index >= 15 is 0 Å². The number of nitrogens with zero attached hydrogens (tertiary/aromatic N) is 1. The molecule has 0 radical (unpaired) electrons. The fourth-order valence-electron chi connectivity index (χ4n) is 1.49. The third kappa shape index (κ3) is 3.41. The highest BCUT2D eigenvalue weighted by Gasteiger charge is 2.13. The minimum absolute atomic E-state index is 0.0572. The number of benzene rings is 1. The van der Waals surface area contributed by atoms with E-state index in [2.05, 4.69) is 10.5 Å². The summed E-state index contributed by atoms with van der Waals surface area (Å²) in [7, 11) is 0. The molecule has 0 aliphatic rings. The Morgan fingerprint density at radius 3 is 2.68 bits per heavy atom. The molecule has 98 valence electrons. The molecule has 1 heterocycles. The van der Waals surface area contributed by atoms with Crippen molar-refractivity contribution < 1.29 is 19.2 Å². The summed E-state index contributed by atoms with van der Waals surface area (Å²) in [4.78, 5) is 22.0. The lowest BCUT2D eigenvalue weighted by Gasteiger charge is -1.98. The zero-order chi connectivity index (χ0) is 13.7. The van der Waals surface area contributed by atoms with Crippen LogP contribution in [0.5, 0.6) is 0 Å². The van der Waals surface area contributed by atoms with Crippen molar-refractivity contribution in [2.75, 3.05) is 6.54 Å². The van der Waals surface area contributed by atoms with E-state index in [-0.39, 0.29) is 18.7 Å². The van der Waals surface area contributed by atoms with Gasteiger partial charge in [-0.15, -0.1) is 0 Å². The van der Waals surface area contributed by atoms with E-state index < -0.39 is 11.9 Å². The lowest BCUT2D eigenvalue weighted by molar-refractivity contribution is -0.136. The van der Waals surface area contributed by atoms with Crippen LogP contribution in [-0.4, -0.2) is 28.7 Å². The molecule has 6 nitrogen and oxygen atoms in total. The first-order chi connectivity index (χ1) is 9.16. The molecule has 0 aliphatic heterocycles. The number of carbonyl (C=O) groups excluding carboxylic acids is 1. The lowest BCUT2D eigenvalue weighted by Crippen LogP contribution is -2.26. The maximum Gasteiger partial charge on any atom is 0.305 e. The predicted octanol–water partition coefficient (Wildman–Crippen LogP) is 1.55. The SMILES string of the molecule is O=C(O)CCNC(=O)c1cc(-c2ccccc2)on1. The van der Waals surface area contributed by atoms with Gasteiger partial charge >= 0.3 is 5.97 Å². The van der Waals surface area contributed by atoms with E-state index in [9.17, 15) is 9.59 Å². The highest BCUT2D eigenvalue weighted by Crippen LogP contribution is 2.19. The first-order valence-electron chi connectivity index (χ1n) is 5.69. The number of hydrogen-bond donors (Lipinski definition) is 2. The number of rotatable bonds is 5. The van der Waals surface area contributed by atoms with Gasteiger partial charge in [0.15, 0.2) is 11.5 Å². The molecule has 0 saturated heterocycles. The second kappa shape index (κ2) is 5.81. The fraction of sp³-hybridized carbons (Fsp3) is 0.154. The molecular formula is C13H12N2O4. The predicted molar refractivity (Wildman–Crippen MR) is 66.5 cm³/mol. The Kier molecular flexibility index (Phi) is 3.92. The van der Waals surface area contributed by atoms with Crippen LogP contribution in [0.4, 0.5) is 0 Å². The molecule has 1 aromatic heterocycles. The van der Waals surface area contributed by atoms with Gasteiger partial charge in [-0.2, -0.15) is 0 Å². The number of amides is 1. The third-order valence-corrected chi connectivity index (χ3v) is 2.43. The van der Waals surface area contributed by atoms with Crippen LogP contribution in [0.2, 0.25) is 0 Å². The molecule has 19 heavy (non-hydrogen) atoms. The summed E-state index contributed by atoms with van der Waals surface area (Å²) in [5.74, 6) is -0.929. The summed E-state index contributed by atoms with van der Waals surface area (Å²) < 4.78 is 5.07. The topological polar surface area (TPSA) is 92.4 Å². The Morgan fingerprint density at radius 2 is 2.00 bits per heavy atom. The van der Waals surface area contributed by atoms with Gasteiger partial charge in [0.25, 0.3) is 5.91 Å². The van der Waals surface area contributed by atoms with E-state index in [1.165, 1.54) is 6.07 Å². The molecule has 1 amide bonds. The van der Waals surface area contributed by atoms with Crippen molar-refractivity contribution in [3.63, 3.8) is 0 Å². The number of hydrogen-bond acceptors (Lipinski definition) is 4. The molecule has 2 rings (SSSR count). The number of carbonyl (C=O) groups is 2. The summed E-state index contributed by atoms with van der Waals surface area (Å²) in [6, 6.07) is 10.8. The molecule has 0 spiro atoms. The largest absolute Gasteiger partial charge is 0.481 e. The van der Waals surface area contributed by atoms with Crippen LogP contribution in [0.3, 0.4) is 0 Å². The van der Waals surface area contributed by atoms with Crippen molar-refractivity contribution in [2.45, 2.75) is 6.42 Å². The van der Waals surface area contributed by atoms with Gasteiger partial charge in [-0.3, -0.25) is 9.59 Å². The number of aliphatic carboxylic acids is 1. The molecule has 6 heteroatoms. The fourth-order valence-corrected chi connectivity index (χ4v) is 1.49. The van der Waals surface area contributed by atoms with Crippen molar-refractivity contribution in [1.82, 2.24) is 10.5 Å². The highest BCUT2D eigenvalue weighted by molar-refractivity contribution is 5.93. The van der Waals surface area contributed by atoms with Crippen LogP contribution >= 0.6 is 0 Å². The van der Waals surface area contributed by atoms with Crippen LogP contribution in [0, 0.1) is 0 Å². The Labute approximate surface area is 109 Å². The van der Waals surface area contributed by atoms with Gasteiger partial charge in [0, 0.05) is 18.2 Å². The zero-order valence-corrected chi connectivity index (χ0v) is 10.00. The monoisotopic (exact) mass is 260 g/mol. The summed E-state index contributed by atoms with van der Waals surface area (Å²) in [5.41, 5.74) is 0.948. The average Bonchev–Trinajstić information content (AvgIpc) is 2.89. The molecule has 0 aliphatic carbocycles. The Hall–Kier alpha value is -2.63. The highest BCUT2D eigenvalue weighted by atomic mass is 16.5. The second-order valence-electron chi connectivity index (χ2n) is 3.84. The molecule has 0 unspecified atom stereocenters. The minimum atomic E-state index is -0.967. The van der Waals surface area contributed by atoms with E-state index in [1.807, 2.05) is 30.3 Å². The molecule has 0 atom stereocenters. The summed E-state index contributed by atoms with van der Waals surface area (Å²) in [6.07, 6.45) is -0.130. The molecule has 2 N–H and O–H groups in total. The van der Waals surface area contributed by atoms with Crippen molar-refractivity contribution in [2.24, 2.45) is 0 Å². The van der Waals surface area contributed by atoms with E-state index in [0.717, 1.165) is 5.56 Å². The van der Waals surface area contributed by atoms with Crippen LogP contribution < -0.4 is 5.32 Å². The Morgan fingerprint density at radius 1 is 1.26 bits per heavy atom. The molecule has 0 fully saturated rings. The van der Waals surface area contributed by atoms with Gasteiger partial charge in [0.1, 0.15) is 0 Å². The number of carboxylic acid groups (broad SMARTS) is 1. The Bertz CT molecular complexity index is 577. The van der Waals surface area contributed by atoms with Crippen molar-refractivity contribution in [1.29, 1.82) is 0 Å². The number of aromatic nitrogens is 1. The summed E-state index contributed by atoms with van der Waals surface area (Å²) in [6.45, 7) is 0.0572. The van der Waals surface area contributed by atoms with Gasteiger partial charge in [0.2, 0.25) is 0 Å². The van der Waals surface area contributed by atoms with Gasteiger partial charge in [-0.25, -0.2) is 0 Å². The van der Waals surface area contributed by atoms with Crippen LogP contribution in [-0.2, 0) is 4.79 Å². The van der Waals surface area contributed by atoms with E-state index in [0.29, 0.717) is 5.76 Å². The van der Waals surface area contributed by atoms with Crippen molar-refractivity contribution in [3.05, 3.63) is 42.1 Å². The third-order valence-electron chi connectivity index (χ3n) is 2.43. The van der Waals surface area contributed by atoms with Crippen LogP contribution in [0.15, 0.2) is 40.9 Å². The summed E-state index contributed by atoms with van der Waals surface area (Å²) in [5, 5.41) is 14.6. The quantitative estimate of drug-likeness (QED) is 0.850. The van der Waals surface area contributed by atoms with E-state index in [1.54, 1.807) is 0 Å². The molecular weight excluding hydrogens is 248 g/mol. The number of carboxylic acids is 1. The first kappa shape index (κ1) is 12.8. The number of nitrogens with one attached hydrogen (secondary N) is 1. The first-order valence-corrected chi connectivity index (χ1v) is 5.69. The summed E-state index contributed by atoms with van der Waals surface area (Å²) >= 11 is 0. The molecule has 1 aromatic carbocycles. The van der Waals surface area contributed by atoms with Gasteiger partial charge in [-0.05, 0) is 0 Å². The normalized spacial score (nSPS) is 10.1. The van der Waals surface area contributed by atoms with Gasteiger partial charge in [-0.1, -0.05) is 35.5 Å². The minimum Gasteiger partial charge on any atom is -0.481 e. The zero-order valence-electron chi connectivity index (χ0n) is 10.00. The van der Waals surface area contributed by atoms with Gasteiger partial charge < -0.3 is 14.9 Å². The average molecular weight is 260 g/mol. The van der Waals surface area contributed by atoms with Crippen LogP contribution in [0.1, 0.15) is 16.9 Å². The van der Waals surface area contributed by atoms with Crippen LogP contribution in [0.25, 0.3) is 11.3 Å². The van der Waals surface area contributed by atoms with E-state index in [4.69, 9.17) is 9.63 Å². The van der Waals surface area contributed by atoms with Crippen molar-refractivity contribution in [3.8, 4) is 11.3 Å². The maximum atomic E-state index is 11.6. The maximum absolute atomic E-state index is 11.6. The standard InChI is InChI=1S/C13H12N2O4/c16-12(17)6-7-14-13(18)10-8-11(19-15-10)9-4-2-1-3-5-9/h1-5,8H,6-7H2,(H,14,18)(H,16,17). The smallest absolute Gasteiger partial charge is 0.305 e. The van der Waals surface area contributed by atoms with Crippen molar-refractivity contribution >= 4 is 11.9 Å². The molecule has 0 bridgehead atoms. The van der Waals surface area contributed by atoms with Gasteiger partial charge in [0.05, 0.1) is 6.42 Å². The molecule has 0 saturated carbocycles. The Balaban J connectivity index is 2.01. The second-order valence-corrected chi connectivity index (χ2v) is 3.84.